The van der Waals surface area contributed by atoms with Crippen LogP contribution in [-0.4, -0.2) is 35.9 Å². The molecule has 0 N–H and O–H groups in total. The average Bonchev–Trinajstić information content (AvgIpc) is 3.20. The van der Waals surface area contributed by atoms with Gasteiger partial charge in [-0.3, -0.25) is 14.9 Å². The number of anilines is 1. The lowest BCUT2D eigenvalue weighted by molar-refractivity contribution is -0.384. The Morgan fingerprint density at radius 1 is 1.41 bits per heavy atom. The summed E-state index contributed by atoms with van der Waals surface area (Å²) in [6.45, 7) is 5.75. The largest absolute Gasteiger partial charge is 0.366 e. The van der Waals surface area contributed by atoms with Crippen molar-refractivity contribution in [3.63, 3.8) is 0 Å². The molecule has 0 unspecified atom stereocenters. The molecular formula is C20H25N3O3S. The molecule has 1 aromatic carbocycles. The molecule has 1 aliphatic heterocycles. The Labute approximate surface area is 163 Å². The summed E-state index contributed by atoms with van der Waals surface area (Å²) in [5, 5.41) is 13.6. The molecule has 0 bridgehead atoms. The van der Waals surface area contributed by atoms with Crippen LogP contribution in [0.15, 0.2) is 35.7 Å². The van der Waals surface area contributed by atoms with Gasteiger partial charge in [-0.05, 0) is 49.3 Å². The van der Waals surface area contributed by atoms with Crippen LogP contribution < -0.4 is 4.90 Å². The Balaban J connectivity index is 1.87. The number of nitrogens with zero attached hydrogens (tertiary/aromatic N) is 3. The van der Waals surface area contributed by atoms with Crippen molar-refractivity contribution in [3.8, 4) is 0 Å². The van der Waals surface area contributed by atoms with Crippen molar-refractivity contribution in [1.82, 2.24) is 4.90 Å². The zero-order chi connectivity index (χ0) is 19.6. The lowest BCUT2D eigenvalue weighted by Gasteiger charge is -2.32. The third-order valence-electron chi connectivity index (χ3n) is 5.27. The molecule has 2 aromatic rings. The Kier molecular flexibility index (Phi) is 5.79. The number of nitro groups is 1. The standard InChI is InChI=1S/C20H25N3O3S/c1-14-6-4-10-22(13-14)17-9-8-16(12-18(17)23(25)26)20(24)21(3)15(2)19-7-5-11-27-19/h5,7-9,11-12,14-15H,4,6,10,13H2,1-3H3/t14-,15+/m1/s1. The minimum Gasteiger partial charge on any atom is -0.366 e. The summed E-state index contributed by atoms with van der Waals surface area (Å²) in [7, 11) is 1.73. The van der Waals surface area contributed by atoms with Crippen molar-refractivity contribution in [2.75, 3.05) is 25.0 Å². The molecular weight excluding hydrogens is 362 g/mol. The molecule has 2 atom stereocenters. The fourth-order valence-electron chi connectivity index (χ4n) is 3.58. The molecule has 1 aromatic heterocycles. The van der Waals surface area contributed by atoms with Gasteiger partial charge in [-0.15, -0.1) is 11.3 Å². The van der Waals surface area contributed by atoms with E-state index in [4.69, 9.17) is 0 Å². The smallest absolute Gasteiger partial charge is 0.293 e. The van der Waals surface area contributed by atoms with Gasteiger partial charge >= 0.3 is 0 Å². The van der Waals surface area contributed by atoms with Gasteiger partial charge in [0.2, 0.25) is 0 Å². The van der Waals surface area contributed by atoms with Crippen molar-refractivity contribution >= 4 is 28.6 Å². The number of rotatable bonds is 5. The van der Waals surface area contributed by atoms with Crippen LogP contribution in [-0.2, 0) is 0 Å². The van der Waals surface area contributed by atoms with Crippen LogP contribution in [0.25, 0.3) is 0 Å². The number of hydrogen-bond donors (Lipinski definition) is 0. The third kappa shape index (κ3) is 4.13. The van der Waals surface area contributed by atoms with E-state index < -0.39 is 0 Å². The van der Waals surface area contributed by atoms with Gasteiger partial charge in [-0.1, -0.05) is 13.0 Å². The molecule has 144 valence electrons. The van der Waals surface area contributed by atoms with Gasteiger partial charge in [0, 0.05) is 36.6 Å². The maximum atomic E-state index is 12.9. The van der Waals surface area contributed by atoms with E-state index in [1.807, 2.05) is 24.4 Å². The number of benzene rings is 1. The summed E-state index contributed by atoms with van der Waals surface area (Å²) >= 11 is 1.59. The van der Waals surface area contributed by atoms with Gasteiger partial charge in [0.15, 0.2) is 0 Å². The van der Waals surface area contributed by atoms with E-state index in [1.54, 1.807) is 35.4 Å². The van der Waals surface area contributed by atoms with E-state index in [2.05, 4.69) is 11.8 Å². The molecule has 1 amide bonds. The molecule has 3 rings (SSSR count). The highest BCUT2D eigenvalue weighted by Crippen LogP contribution is 2.33. The Morgan fingerprint density at radius 2 is 2.19 bits per heavy atom. The summed E-state index contributed by atoms with van der Waals surface area (Å²) in [4.78, 5) is 29.0. The monoisotopic (exact) mass is 387 g/mol. The zero-order valence-electron chi connectivity index (χ0n) is 15.9. The summed E-state index contributed by atoms with van der Waals surface area (Å²) < 4.78 is 0. The van der Waals surface area contributed by atoms with Crippen LogP contribution in [0.4, 0.5) is 11.4 Å². The molecule has 1 fully saturated rings. The van der Waals surface area contributed by atoms with E-state index in [-0.39, 0.29) is 22.6 Å². The summed E-state index contributed by atoms with van der Waals surface area (Å²) in [6.07, 6.45) is 2.17. The quantitative estimate of drug-likeness (QED) is 0.550. The minimum absolute atomic E-state index is 0.00660. The number of hydrogen-bond acceptors (Lipinski definition) is 5. The lowest BCUT2D eigenvalue weighted by atomic mass is 9.99. The summed E-state index contributed by atoms with van der Waals surface area (Å²) in [5.74, 6) is 0.301. The van der Waals surface area contributed by atoms with E-state index in [1.165, 1.54) is 6.07 Å². The molecule has 2 heterocycles. The lowest BCUT2D eigenvalue weighted by Crippen LogP contribution is -2.34. The maximum Gasteiger partial charge on any atom is 0.293 e. The van der Waals surface area contributed by atoms with Crippen LogP contribution in [0.1, 0.15) is 48.0 Å². The number of amides is 1. The highest BCUT2D eigenvalue weighted by Gasteiger charge is 2.27. The van der Waals surface area contributed by atoms with Crippen LogP contribution in [0.3, 0.4) is 0 Å². The highest BCUT2D eigenvalue weighted by atomic mass is 32.1. The van der Waals surface area contributed by atoms with Gasteiger partial charge in [-0.2, -0.15) is 0 Å². The maximum absolute atomic E-state index is 12.9. The summed E-state index contributed by atoms with van der Waals surface area (Å²) in [6, 6.07) is 8.72. The predicted molar refractivity (Wildman–Crippen MR) is 109 cm³/mol. The van der Waals surface area contributed by atoms with Crippen LogP contribution in [0.5, 0.6) is 0 Å². The van der Waals surface area contributed by atoms with Crippen molar-refractivity contribution in [2.45, 2.75) is 32.7 Å². The number of thiophene rings is 1. The summed E-state index contributed by atoms with van der Waals surface area (Å²) in [5.41, 5.74) is 0.964. The minimum atomic E-state index is -0.381. The second kappa shape index (κ2) is 8.08. The molecule has 6 nitrogen and oxygen atoms in total. The first-order chi connectivity index (χ1) is 12.9. The van der Waals surface area contributed by atoms with Crippen molar-refractivity contribution in [3.05, 3.63) is 56.3 Å². The fraction of sp³-hybridized carbons (Fsp3) is 0.450. The Hall–Kier alpha value is -2.41. The van der Waals surface area contributed by atoms with Gasteiger partial charge in [0.25, 0.3) is 11.6 Å². The van der Waals surface area contributed by atoms with Gasteiger partial charge in [-0.25, -0.2) is 0 Å². The number of carbonyl (C=O) groups is 1. The predicted octanol–water partition coefficient (Wildman–Crippen LogP) is 4.73. The average molecular weight is 388 g/mol. The first-order valence-corrected chi connectivity index (χ1v) is 10.1. The first kappa shape index (κ1) is 19.4. The van der Waals surface area contributed by atoms with Crippen LogP contribution in [0.2, 0.25) is 0 Å². The molecule has 7 heteroatoms. The van der Waals surface area contributed by atoms with E-state index in [0.29, 0.717) is 17.2 Å². The Bertz CT molecular complexity index is 822. The molecule has 0 spiro atoms. The number of piperidine rings is 1. The molecule has 1 aliphatic rings. The van der Waals surface area contributed by atoms with Crippen LogP contribution in [0, 0.1) is 16.0 Å². The SMILES string of the molecule is C[C@@H]1CCCN(c2ccc(C(=O)N(C)[C@@H](C)c3cccs3)cc2[N+](=O)[O-])C1. The van der Waals surface area contributed by atoms with Crippen LogP contribution >= 0.6 is 11.3 Å². The van der Waals surface area contributed by atoms with Crippen molar-refractivity contribution < 1.29 is 9.72 Å². The second-order valence-electron chi connectivity index (χ2n) is 7.26. The normalized spacial score (nSPS) is 18.2. The number of carbonyl (C=O) groups excluding carboxylic acids is 1. The molecule has 27 heavy (non-hydrogen) atoms. The molecule has 0 aliphatic carbocycles. The van der Waals surface area contributed by atoms with Crippen molar-refractivity contribution in [2.24, 2.45) is 5.92 Å². The second-order valence-corrected chi connectivity index (χ2v) is 8.24. The first-order valence-electron chi connectivity index (χ1n) is 9.22. The van der Waals surface area contributed by atoms with Crippen molar-refractivity contribution in [1.29, 1.82) is 0 Å². The van der Waals surface area contributed by atoms with E-state index in [0.717, 1.165) is 30.8 Å². The number of nitro benzene ring substituents is 1. The highest BCUT2D eigenvalue weighted by molar-refractivity contribution is 7.10. The van der Waals surface area contributed by atoms with Gasteiger partial charge < -0.3 is 9.80 Å². The van der Waals surface area contributed by atoms with E-state index in [9.17, 15) is 14.9 Å². The zero-order valence-corrected chi connectivity index (χ0v) is 16.7. The fourth-order valence-corrected chi connectivity index (χ4v) is 4.40. The van der Waals surface area contributed by atoms with E-state index >= 15 is 0 Å². The topological polar surface area (TPSA) is 66.7 Å². The molecule has 0 radical (unpaired) electrons. The molecule has 1 saturated heterocycles. The van der Waals surface area contributed by atoms with Gasteiger partial charge in [0.1, 0.15) is 5.69 Å². The third-order valence-corrected chi connectivity index (χ3v) is 6.32. The van der Waals surface area contributed by atoms with Gasteiger partial charge in [0.05, 0.1) is 11.0 Å². The molecule has 0 saturated carbocycles. The Morgan fingerprint density at radius 3 is 2.81 bits per heavy atom.